The second-order valence-electron chi connectivity index (χ2n) is 4.51. The molecule has 0 atom stereocenters. The Morgan fingerprint density at radius 2 is 1.84 bits per heavy atom. The van der Waals surface area contributed by atoms with E-state index in [1.807, 2.05) is 18.2 Å². The molecule has 1 N–H and O–H groups in total. The van der Waals surface area contributed by atoms with Gasteiger partial charge in [-0.2, -0.15) is 0 Å². The Kier molecular flexibility index (Phi) is 4.27. The maximum atomic E-state index is 12.1. The molecule has 1 aromatic rings. The number of carbonyl (C=O) groups excluding carboxylic acids is 1. The molecule has 0 radical (unpaired) electrons. The summed E-state index contributed by atoms with van der Waals surface area (Å²) >= 11 is 5.30. The first kappa shape index (κ1) is 13.7. The van der Waals surface area contributed by atoms with Crippen LogP contribution in [-0.2, 0) is 4.79 Å². The summed E-state index contributed by atoms with van der Waals surface area (Å²) in [6.07, 6.45) is 2.37. The first-order valence-electron chi connectivity index (χ1n) is 6.28. The minimum atomic E-state index is -0.778. The predicted molar refractivity (Wildman–Crippen MR) is 75.3 cm³/mol. The van der Waals surface area contributed by atoms with Gasteiger partial charge in [0.1, 0.15) is 4.99 Å². The Bertz CT molecular complexity index is 492. The zero-order chi connectivity index (χ0) is 13.8. The topological polar surface area (TPSA) is 57.6 Å². The number of carboxylic acids is 1. The Balaban J connectivity index is 1.88. The van der Waals surface area contributed by atoms with Gasteiger partial charge in [0.2, 0.25) is 0 Å². The Labute approximate surface area is 117 Å². The van der Waals surface area contributed by atoms with Crippen LogP contribution in [0.4, 0.5) is 0 Å². The van der Waals surface area contributed by atoms with Crippen molar-refractivity contribution >= 4 is 29.1 Å². The van der Waals surface area contributed by atoms with Crippen LogP contribution in [0.2, 0.25) is 0 Å². The number of unbranched alkanes of at least 4 members (excludes halogenated alkanes) is 2. The average molecular weight is 277 g/mol. The molecule has 5 heteroatoms. The summed E-state index contributed by atoms with van der Waals surface area (Å²) in [5.41, 5.74) is 1.49. The molecule has 0 aromatic heterocycles. The molecule has 1 aromatic carbocycles. The van der Waals surface area contributed by atoms with Gasteiger partial charge in [0.25, 0.3) is 5.91 Å². The molecule has 19 heavy (non-hydrogen) atoms. The lowest BCUT2D eigenvalue weighted by molar-refractivity contribution is -0.137. The fourth-order valence-electron chi connectivity index (χ4n) is 2.17. The van der Waals surface area contributed by atoms with Crippen molar-refractivity contribution in [3.05, 3.63) is 35.4 Å². The van der Waals surface area contributed by atoms with Gasteiger partial charge < -0.3 is 5.11 Å². The number of carbonyl (C=O) groups is 2. The maximum absolute atomic E-state index is 12.1. The van der Waals surface area contributed by atoms with E-state index in [9.17, 15) is 9.59 Å². The number of nitrogens with zero attached hydrogens (tertiary/aromatic N) is 1. The van der Waals surface area contributed by atoms with Crippen molar-refractivity contribution in [3.63, 3.8) is 0 Å². The van der Waals surface area contributed by atoms with Crippen LogP contribution in [0.15, 0.2) is 24.3 Å². The molecule has 1 heterocycles. The van der Waals surface area contributed by atoms with Crippen molar-refractivity contribution in [2.45, 2.75) is 25.7 Å². The van der Waals surface area contributed by atoms with Crippen molar-refractivity contribution in [2.75, 3.05) is 6.54 Å². The zero-order valence-corrected chi connectivity index (χ0v) is 11.3. The Hall–Kier alpha value is -1.75. The summed E-state index contributed by atoms with van der Waals surface area (Å²) < 4.78 is 0. The molecule has 0 aliphatic carbocycles. The standard InChI is InChI=1S/C14H15NO3S/c16-12(17)8-2-1-5-9-15-13(18)10-6-3-4-7-11(10)14(15)19/h3-4,6-7H,1-2,5,8-9H2,(H,16,17). The lowest BCUT2D eigenvalue weighted by Crippen LogP contribution is -2.30. The monoisotopic (exact) mass is 277 g/mol. The molecule has 100 valence electrons. The van der Waals surface area contributed by atoms with Crippen LogP contribution in [0.3, 0.4) is 0 Å². The molecular weight excluding hydrogens is 262 g/mol. The zero-order valence-electron chi connectivity index (χ0n) is 10.5. The first-order valence-corrected chi connectivity index (χ1v) is 6.69. The summed E-state index contributed by atoms with van der Waals surface area (Å²) in [4.78, 5) is 24.7. The molecular formula is C14H15NO3S. The Morgan fingerprint density at radius 1 is 1.16 bits per heavy atom. The van der Waals surface area contributed by atoms with Gasteiger partial charge in [-0.05, 0) is 18.9 Å². The maximum Gasteiger partial charge on any atom is 0.303 e. The second-order valence-corrected chi connectivity index (χ2v) is 4.90. The van der Waals surface area contributed by atoms with E-state index in [0.717, 1.165) is 18.4 Å². The Morgan fingerprint density at radius 3 is 2.47 bits per heavy atom. The lowest BCUT2D eigenvalue weighted by Gasteiger charge is -2.15. The second kappa shape index (κ2) is 5.93. The van der Waals surface area contributed by atoms with Gasteiger partial charge in [-0.3, -0.25) is 14.5 Å². The van der Waals surface area contributed by atoms with Crippen LogP contribution in [0.1, 0.15) is 41.6 Å². The summed E-state index contributed by atoms with van der Waals surface area (Å²) in [5, 5.41) is 8.54. The van der Waals surface area contributed by atoms with E-state index in [-0.39, 0.29) is 12.3 Å². The normalized spacial score (nSPS) is 13.8. The van der Waals surface area contributed by atoms with E-state index in [0.29, 0.717) is 23.5 Å². The quantitative estimate of drug-likeness (QED) is 0.641. The highest BCUT2D eigenvalue weighted by Gasteiger charge is 2.31. The van der Waals surface area contributed by atoms with E-state index in [1.165, 1.54) is 0 Å². The number of fused-ring (bicyclic) bond motifs is 1. The molecule has 1 aliphatic rings. The highest BCUT2D eigenvalue weighted by atomic mass is 32.1. The van der Waals surface area contributed by atoms with Crippen LogP contribution in [0, 0.1) is 0 Å². The number of hydrogen-bond acceptors (Lipinski definition) is 3. The number of amides is 1. The minimum absolute atomic E-state index is 0.0427. The van der Waals surface area contributed by atoms with Gasteiger partial charge in [0.05, 0.1) is 5.56 Å². The first-order chi connectivity index (χ1) is 9.11. The van der Waals surface area contributed by atoms with Crippen molar-refractivity contribution in [3.8, 4) is 0 Å². The molecule has 0 saturated carbocycles. The third kappa shape index (κ3) is 2.98. The number of rotatable bonds is 6. The van der Waals surface area contributed by atoms with Crippen LogP contribution in [0.5, 0.6) is 0 Å². The van der Waals surface area contributed by atoms with Gasteiger partial charge in [0, 0.05) is 18.5 Å². The number of hydrogen-bond donors (Lipinski definition) is 1. The molecule has 1 aliphatic heterocycles. The van der Waals surface area contributed by atoms with Gasteiger partial charge in [0.15, 0.2) is 0 Å². The largest absolute Gasteiger partial charge is 0.481 e. The summed E-state index contributed by atoms with van der Waals surface area (Å²) in [5.74, 6) is -0.820. The SMILES string of the molecule is O=C(O)CCCCCN1C(=O)c2ccccc2C1=S. The molecule has 0 saturated heterocycles. The van der Waals surface area contributed by atoms with Crippen molar-refractivity contribution < 1.29 is 14.7 Å². The smallest absolute Gasteiger partial charge is 0.303 e. The van der Waals surface area contributed by atoms with E-state index in [1.54, 1.807) is 11.0 Å². The lowest BCUT2D eigenvalue weighted by atomic mass is 10.1. The number of aliphatic carboxylic acids is 1. The van der Waals surface area contributed by atoms with E-state index < -0.39 is 5.97 Å². The molecule has 0 spiro atoms. The summed E-state index contributed by atoms with van der Waals surface area (Å²) in [6.45, 7) is 0.561. The van der Waals surface area contributed by atoms with E-state index in [4.69, 9.17) is 17.3 Å². The van der Waals surface area contributed by atoms with Crippen molar-refractivity contribution in [2.24, 2.45) is 0 Å². The molecule has 2 rings (SSSR count). The van der Waals surface area contributed by atoms with Crippen LogP contribution < -0.4 is 0 Å². The minimum Gasteiger partial charge on any atom is -0.481 e. The van der Waals surface area contributed by atoms with Crippen LogP contribution in [-0.4, -0.2) is 33.4 Å². The van der Waals surface area contributed by atoms with Gasteiger partial charge in [-0.25, -0.2) is 0 Å². The molecule has 4 nitrogen and oxygen atoms in total. The van der Waals surface area contributed by atoms with Crippen molar-refractivity contribution in [1.82, 2.24) is 4.90 Å². The average Bonchev–Trinajstić information content (AvgIpc) is 2.63. The highest BCUT2D eigenvalue weighted by Crippen LogP contribution is 2.23. The molecule has 0 bridgehead atoms. The number of benzene rings is 1. The fraction of sp³-hybridized carbons (Fsp3) is 0.357. The van der Waals surface area contributed by atoms with Crippen LogP contribution in [0.25, 0.3) is 0 Å². The summed E-state index contributed by atoms with van der Waals surface area (Å²) in [7, 11) is 0. The van der Waals surface area contributed by atoms with Gasteiger partial charge in [-0.15, -0.1) is 0 Å². The predicted octanol–water partition coefficient (Wildman–Crippen LogP) is 2.46. The molecule has 0 fully saturated rings. The molecule has 1 amide bonds. The van der Waals surface area contributed by atoms with Crippen molar-refractivity contribution in [1.29, 1.82) is 0 Å². The van der Waals surface area contributed by atoms with E-state index >= 15 is 0 Å². The third-order valence-electron chi connectivity index (χ3n) is 3.15. The van der Waals surface area contributed by atoms with E-state index in [2.05, 4.69) is 0 Å². The fourth-order valence-corrected chi connectivity index (χ4v) is 2.52. The highest BCUT2D eigenvalue weighted by molar-refractivity contribution is 7.80. The summed E-state index contributed by atoms with van der Waals surface area (Å²) in [6, 6.07) is 7.35. The number of thiocarbonyl (C=S) groups is 1. The van der Waals surface area contributed by atoms with Gasteiger partial charge >= 0.3 is 5.97 Å². The molecule has 0 unspecified atom stereocenters. The van der Waals surface area contributed by atoms with Gasteiger partial charge in [-0.1, -0.05) is 36.8 Å². The number of carboxylic acid groups (broad SMARTS) is 1. The van der Waals surface area contributed by atoms with Crippen LogP contribution >= 0.6 is 12.2 Å². The third-order valence-corrected chi connectivity index (χ3v) is 3.59.